The molecule has 4 heteroatoms. The lowest BCUT2D eigenvalue weighted by atomic mass is 9.90. The number of nitrogens with zero attached hydrogens (tertiary/aromatic N) is 1. The first kappa shape index (κ1) is 18.0. The minimum Gasteiger partial charge on any atom is -0.342 e. The van der Waals surface area contributed by atoms with Gasteiger partial charge in [0.15, 0.2) is 0 Å². The highest BCUT2D eigenvalue weighted by Crippen LogP contribution is 2.24. The third-order valence-electron chi connectivity index (χ3n) is 3.95. The second-order valence-corrected chi connectivity index (χ2v) is 7.84. The van der Waals surface area contributed by atoms with E-state index in [1.54, 1.807) is 0 Å². The largest absolute Gasteiger partial charge is 0.342 e. The molecular formula is C17H32N2O2. The maximum atomic E-state index is 12.7. The Bertz CT molecular complexity index is 371. The van der Waals surface area contributed by atoms with Gasteiger partial charge in [-0.1, -0.05) is 48.0 Å². The van der Waals surface area contributed by atoms with Crippen molar-refractivity contribution in [2.24, 2.45) is 11.3 Å². The molecule has 1 N–H and O–H groups in total. The Morgan fingerprint density at radius 3 is 2.33 bits per heavy atom. The third-order valence-corrected chi connectivity index (χ3v) is 3.95. The van der Waals surface area contributed by atoms with Gasteiger partial charge < -0.3 is 10.2 Å². The Labute approximate surface area is 129 Å². The van der Waals surface area contributed by atoms with Gasteiger partial charge in [-0.3, -0.25) is 9.59 Å². The molecule has 4 nitrogen and oxygen atoms in total. The quantitative estimate of drug-likeness (QED) is 0.819. The van der Waals surface area contributed by atoms with Gasteiger partial charge in [0.05, 0.1) is 0 Å². The second-order valence-electron chi connectivity index (χ2n) is 7.84. The SMILES string of the molecule is CCCC1C(=O)NC(CC(C)C)C(=O)N1CCC(C)(C)C. The van der Waals surface area contributed by atoms with Crippen molar-refractivity contribution in [2.75, 3.05) is 6.54 Å². The number of rotatable bonds is 6. The van der Waals surface area contributed by atoms with Crippen LogP contribution in [0.15, 0.2) is 0 Å². The Morgan fingerprint density at radius 2 is 1.86 bits per heavy atom. The second kappa shape index (κ2) is 7.28. The Kier molecular flexibility index (Phi) is 6.24. The van der Waals surface area contributed by atoms with Crippen LogP contribution in [0.25, 0.3) is 0 Å². The van der Waals surface area contributed by atoms with Crippen LogP contribution in [0.4, 0.5) is 0 Å². The average Bonchev–Trinajstić information content (AvgIpc) is 2.33. The molecule has 0 aliphatic carbocycles. The number of piperazine rings is 1. The summed E-state index contributed by atoms with van der Waals surface area (Å²) in [6.07, 6.45) is 3.29. The zero-order valence-electron chi connectivity index (χ0n) is 14.5. The van der Waals surface area contributed by atoms with Crippen LogP contribution in [0.2, 0.25) is 0 Å². The molecule has 0 bridgehead atoms. The van der Waals surface area contributed by atoms with Crippen molar-refractivity contribution in [3.8, 4) is 0 Å². The predicted octanol–water partition coefficient (Wildman–Crippen LogP) is 2.96. The molecule has 0 aromatic rings. The molecule has 1 fully saturated rings. The smallest absolute Gasteiger partial charge is 0.245 e. The number of nitrogens with one attached hydrogen (secondary N) is 1. The number of amides is 2. The van der Waals surface area contributed by atoms with Crippen molar-refractivity contribution < 1.29 is 9.59 Å². The minimum absolute atomic E-state index is 0.0241. The van der Waals surface area contributed by atoms with Crippen LogP contribution in [0.5, 0.6) is 0 Å². The number of hydrogen-bond acceptors (Lipinski definition) is 2. The zero-order chi connectivity index (χ0) is 16.2. The summed E-state index contributed by atoms with van der Waals surface area (Å²) < 4.78 is 0. The summed E-state index contributed by atoms with van der Waals surface area (Å²) in [5.41, 5.74) is 0.165. The average molecular weight is 296 g/mol. The van der Waals surface area contributed by atoms with E-state index in [0.29, 0.717) is 12.5 Å². The topological polar surface area (TPSA) is 49.4 Å². The molecule has 0 radical (unpaired) electrons. The summed E-state index contributed by atoms with van der Waals surface area (Å²) >= 11 is 0. The molecule has 1 rings (SSSR count). The van der Waals surface area contributed by atoms with Gasteiger partial charge >= 0.3 is 0 Å². The van der Waals surface area contributed by atoms with Gasteiger partial charge in [0.1, 0.15) is 12.1 Å². The molecule has 0 aromatic heterocycles. The molecule has 0 aromatic carbocycles. The van der Waals surface area contributed by atoms with E-state index in [1.165, 1.54) is 0 Å². The van der Waals surface area contributed by atoms with Crippen LogP contribution in [0, 0.1) is 11.3 Å². The van der Waals surface area contributed by atoms with Gasteiger partial charge in [0.2, 0.25) is 11.8 Å². The van der Waals surface area contributed by atoms with Crippen LogP contribution in [0.1, 0.15) is 67.2 Å². The maximum absolute atomic E-state index is 12.7. The zero-order valence-corrected chi connectivity index (χ0v) is 14.5. The fourth-order valence-corrected chi connectivity index (χ4v) is 2.74. The summed E-state index contributed by atoms with van der Waals surface area (Å²) in [5.74, 6) is 0.522. The van der Waals surface area contributed by atoms with Crippen molar-refractivity contribution in [3.05, 3.63) is 0 Å². The molecular weight excluding hydrogens is 264 g/mol. The van der Waals surface area contributed by atoms with E-state index in [0.717, 1.165) is 25.7 Å². The normalized spacial score (nSPS) is 23.7. The molecule has 21 heavy (non-hydrogen) atoms. The van der Waals surface area contributed by atoms with Crippen molar-refractivity contribution in [1.82, 2.24) is 10.2 Å². The molecule has 1 saturated heterocycles. The highest BCUT2D eigenvalue weighted by Gasteiger charge is 2.40. The highest BCUT2D eigenvalue weighted by atomic mass is 16.2. The molecule has 122 valence electrons. The number of carbonyl (C=O) groups is 2. The lowest BCUT2D eigenvalue weighted by Gasteiger charge is -2.40. The molecule has 2 unspecified atom stereocenters. The van der Waals surface area contributed by atoms with Gasteiger partial charge in [-0.2, -0.15) is 0 Å². The Morgan fingerprint density at radius 1 is 1.24 bits per heavy atom. The molecule has 1 aliphatic rings. The number of hydrogen-bond donors (Lipinski definition) is 1. The van der Waals surface area contributed by atoms with Gasteiger partial charge in [-0.05, 0) is 30.6 Å². The van der Waals surface area contributed by atoms with E-state index in [9.17, 15) is 9.59 Å². The van der Waals surface area contributed by atoms with E-state index in [1.807, 2.05) is 4.90 Å². The van der Waals surface area contributed by atoms with Gasteiger partial charge in [-0.15, -0.1) is 0 Å². The van der Waals surface area contributed by atoms with E-state index in [2.05, 4.69) is 46.9 Å². The first-order valence-electron chi connectivity index (χ1n) is 8.26. The Hall–Kier alpha value is -1.06. The van der Waals surface area contributed by atoms with Gasteiger partial charge in [0, 0.05) is 6.54 Å². The molecule has 2 amide bonds. The monoisotopic (exact) mass is 296 g/mol. The molecule has 0 spiro atoms. The molecule has 1 aliphatic heterocycles. The van der Waals surface area contributed by atoms with Crippen LogP contribution in [-0.2, 0) is 9.59 Å². The Balaban J connectivity index is 2.86. The van der Waals surface area contributed by atoms with Crippen LogP contribution < -0.4 is 5.32 Å². The standard InChI is InChI=1S/C17H32N2O2/c1-7-8-14-15(20)18-13(11-12(2)3)16(21)19(14)10-9-17(4,5)6/h12-14H,7-11H2,1-6H3,(H,18,20). The van der Waals surface area contributed by atoms with Crippen molar-refractivity contribution in [1.29, 1.82) is 0 Å². The van der Waals surface area contributed by atoms with Crippen molar-refractivity contribution in [2.45, 2.75) is 79.3 Å². The summed E-state index contributed by atoms with van der Waals surface area (Å²) in [7, 11) is 0. The van der Waals surface area contributed by atoms with Crippen LogP contribution in [-0.4, -0.2) is 35.3 Å². The lowest BCUT2D eigenvalue weighted by molar-refractivity contribution is -0.150. The summed E-state index contributed by atoms with van der Waals surface area (Å²) in [4.78, 5) is 26.9. The lowest BCUT2D eigenvalue weighted by Crippen LogP contribution is -2.63. The minimum atomic E-state index is -0.342. The first-order chi connectivity index (χ1) is 9.65. The van der Waals surface area contributed by atoms with Gasteiger partial charge in [0.25, 0.3) is 0 Å². The van der Waals surface area contributed by atoms with Crippen LogP contribution in [0.3, 0.4) is 0 Å². The fourth-order valence-electron chi connectivity index (χ4n) is 2.74. The fraction of sp³-hybridized carbons (Fsp3) is 0.882. The maximum Gasteiger partial charge on any atom is 0.245 e. The molecule has 1 heterocycles. The van der Waals surface area contributed by atoms with E-state index >= 15 is 0 Å². The van der Waals surface area contributed by atoms with Crippen LogP contribution >= 0.6 is 0 Å². The first-order valence-corrected chi connectivity index (χ1v) is 8.26. The van der Waals surface area contributed by atoms with Crippen molar-refractivity contribution in [3.63, 3.8) is 0 Å². The van der Waals surface area contributed by atoms with E-state index in [-0.39, 0.29) is 29.3 Å². The molecule has 0 saturated carbocycles. The molecule has 2 atom stereocenters. The van der Waals surface area contributed by atoms with Crippen molar-refractivity contribution >= 4 is 11.8 Å². The third kappa shape index (κ3) is 5.33. The summed E-state index contributed by atoms with van der Waals surface area (Å²) in [5, 5.41) is 2.93. The summed E-state index contributed by atoms with van der Waals surface area (Å²) in [6, 6.07) is -0.626. The highest BCUT2D eigenvalue weighted by molar-refractivity contribution is 5.96. The van der Waals surface area contributed by atoms with Gasteiger partial charge in [-0.25, -0.2) is 0 Å². The summed E-state index contributed by atoms with van der Waals surface area (Å²) in [6.45, 7) is 13.4. The van der Waals surface area contributed by atoms with E-state index < -0.39 is 0 Å². The van der Waals surface area contributed by atoms with E-state index in [4.69, 9.17) is 0 Å². The number of carbonyl (C=O) groups excluding carboxylic acids is 2. The predicted molar refractivity (Wildman–Crippen MR) is 85.9 cm³/mol.